The number of nitrogens with zero attached hydrogens (tertiary/aromatic N) is 1. The van der Waals surface area contributed by atoms with Crippen LogP contribution >= 0.6 is 11.6 Å². The van der Waals surface area contributed by atoms with Gasteiger partial charge in [-0.2, -0.15) is 0 Å². The first-order valence-electron chi connectivity index (χ1n) is 27.5. The second kappa shape index (κ2) is 28.9. The van der Waals surface area contributed by atoms with Crippen molar-refractivity contribution in [3.63, 3.8) is 0 Å². The van der Waals surface area contributed by atoms with Gasteiger partial charge in [-0.25, -0.2) is 27.5 Å². The highest BCUT2D eigenvalue weighted by Crippen LogP contribution is 2.41. The number of carbonyl (C=O) groups excluding carboxylic acids is 8. The minimum atomic E-state index is -3.74. The highest BCUT2D eigenvalue weighted by Gasteiger charge is 2.37. The molecule has 0 fully saturated rings. The first kappa shape index (κ1) is 68.0. The summed E-state index contributed by atoms with van der Waals surface area (Å²) in [5.74, 6) is -4.45. The number of sulfonamides is 1. The Morgan fingerprint density at radius 3 is 1.82 bits per heavy atom. The zero-order valence-electron chi connectivity index (χ0n) is 50.1. The lowest BCUT2D eigenvalue weighted by molar-refractivity contribution is -0.141. The molecule has 0 aliphatic carbocycles. The van der Waals surface area contributed by atoms with E-state index in [-0.39, 0.29) is 59.6 Å². The minimum absolute atomic E-state index is 0.00988. The summed E-state index contributed by atoms with van der Waals surface area (Å²) >= 11 is 6.11. The molecule has 6 amide bonds. The zero-order valence-corrected chi connectivity index (χ0v) is 51.7. The van der Waals surface area contributed by atoms with Crippen LogP contribution in [-0.4, -0.2) is 140 Å². The van der Waals surface area contributed by atoms with Crippen molar-refractivity contribution in [3.8, 4) is 33.8 Å². The van der Waals surface area contributed by atoms with Crippen LogP contribution in [0.3, 0.4) is 0 Å². The third-order valence-electron chi connectivity index (χ3n) is 12.6. The third kappa shape index (κ3) is 21.7. The van der Waals surface area contributed by atoms with Crippen LogP contribution in [0.5, 0.6) is 11.5 Å². The molecule has 0 radical (unpaired) electrons. The van der Waals surface area contributed by atoms with Gasteiger partial charge in [0.15, 0.2) is 0 Å². The van der Waals surface area contributed by atoms with Gasteiger partial charge in [0.25, 0.3) is 5.91 Å². The summed E-state index contributed by atoms with van der Waals surface area (Å²) in [6, 6.07) is 15.2. The van der Waals surface area contributed by atoms with Crippen LogP contribution < -0.4 is 40.8 Å². The van der Waals surface area contributed by atoms with Gasteiger partial charge in [-0.15, -0.1) is 0 Å². The van der Waals surface area contributed by atoms with Crippen LogP contribution in [0.1, 0.15) is 123 Å². The maximum absolute atomic E-state index is 15.3. The SMILES string of the molecule is C[C@@H]1NC(=O)[C@@H](N(C)C(=O)[C@H](CCCCNC(=O)OC(C)(C)C)NC(=O)c2ccc(-c3ccc(Cl)cc3)cc2)c2ccc(OC(=O)OC(C)(C)C)c(c2)-c2cc(ccc2OC(=O)OC(C)(C)C)C[C@@H](C(=O)N[C@@H](C)C(O)CNS(C)(=O)=O)NC1=O. The number of hydrogen-bond acceptors (Lipinski definition) is 16. The molecule has 6 atom stereocenters. The Hall–Kier alpha value is -7.80. The first-order chi connectivity index (χ1) is 39.5. The van der Waals surface area contributed by atoms with Crippen molar-refractivity contribution < 1.29 is 75.6 Å². The lowest BCUT2D eigenvalue weighted by atomic mass is 9.93. The molecule has 1 heterocycles. The lowest BCUT2D eigenvalue weighted by Gasteiger charge is -2.33. The Labute approximate surface area is 501 Å². The molecule has 85 heavy (non-hydrogen) atoms. The molecule has 5 rings (SSSR count). The molecule has 4 bridgehead atoms. The molecule has 0 saturated heterocycles. The smallest absolute Gasteiger partial charge is 0.444 e. The predicted molar refractivity (Wildman–Crippen MR) is 317 cm³/mol. The molecule has 0 spiro atoms. The summed E-state index contributed by atoms with van der Waals surface area (Å²) in [6.07, 6.45) is -3.22. The third-order valence-corrected chi connectivity index (χ3v) is 13.6. The Balaban J connectivity index is 1.66. The number of hydrogen-bond donors (Lipinski definition) is 7. The van der Waals surface area contributed by atoms with Gasteiger partial charge in [0.1, 0.15) is 52.5 Å². The van der Waals surface area contributed by atoms with Gasteiger partial charge < -0.3 is 60.3 Å². The Kier molecular flexibility index (Phi) is 23.1. The van der Waals surface area contributed by atoms with Crippen LogP contribution in [0.25, 0.3) is 22.3 Å². The summed E-state index contributed by atoms with van der Waals surface area (Å²) in [5.41, 5.74) is -0.677. The van der Waals surface area contributed by atoms with Gasteiger partial charge in [0.2, 0.25) is 33.7 Å². The Morgan fingerprint density at radius 2 is 1.27 bits per heavy atom. The van der Waals surface area contributed by atoms with Crippen molar-refractivity contribution in [1.82, 2.24) is 36.2 Å². The number of halogens is 1. The van der Waals surface area contributed by atoms with Crippen molar-refractivity contribution in [1.29, 1.82) is 0 Å². The van der Waals surface area contributed by atoms with E-state index in [9.17, 15) is 42.3 Å². The number of fused-ring (bicyclic) bond motifs is 5. The summed E-state index contributed by atoms with van der Waals surface area (Å²) in [7, 11) is -2.42. The molecule has 23 nitrogen and oxygen atoms in total. The largest absolute Gasteiger partial charge is 0.514 e. The fraction of sp³-hybridized carbons (Fsp3) is 0.467. The van der Waals surface area contributed by atoms with Gasteiger partial charge in [-0.3, -0.25) is 24.0 Å². The van der Waals surface area contributed by atoms with Crippen molar-refractivity contribution in [3.05, 3.63) is 107 Å². The number of alkyl carbamates (subject to hydrolysis) is 1. The monoisotopic (exact) mass is 1220 g/mol. The van der Waals surface area contributed by atoms with E-state index in [4.69, 9.17) is 35.3 Å². The molecule has 4 aromatic rings. The Bertz CT molecular complexity index is 3190. The molecule has 0 aromatic heterocycles. The Morgan fingerprint density at radius 1 is 0.729 bits per heavy atom. The zero-order chi connectivity index (χ0) is 63.4. The van der Waals surface area contributed by atoms with E-state index in [0.717, 1.165) is 22.3 Å². The van der Waals surface area contributed by atoms with Crippen molar-refractivity contribution in [2.24, 2.45) is 0 Å². The molecule has 1 aliphatic rings. The van der Waals surface area contributed by atoms with E-state index < -0.39 is 118 Å². The number of nitrogens with one attached hydrogen (secondary N) is 6. The summed E-state index contributed by atoms with van der Waals surface area (Å²) < 4.78 is 53.9. The number of carbonyl (C=O) groups is 8. The van der Waals surface area contributed by atoms with E-state index in [0.29, 0.717) is 17.0 Å². The molecular formula is C60H78ClN7O16S. The number of aliphatic hydroxyl groups excluding tert-OH is 1. The van der Waals surface area contributed by atoms with E-state index in [1.54, 1.807) is 98.7 Å². The van der Waals surface area contributed by atoms with Crippen LogP contribution in [0, 0.1) is 0 Å². The minimum Gasteiger partial charge on any atom is -0.444 e. The molecule has 462 valence electrons. The van der Waals surface area contributed by atoms with E-state index >= 15 is 9.59 Å². The topological polar surface area (TPSA) is 312 Å². The van der Waals surface area contributed by atoms with E-state index in [1.165, 1.54) is 57.3 Å². The predicted octanol–water partition coefficient (Wildman–Crippen LogP) is 7.26. The van der Waals surface area contributed by atoms with Crippen LogP contribution in [-0.2, 0) is 49.8 Å². The van der Waals surface area contributed by atoms with Gasteiger partial charge >= 0.3 is 18.4 Å². The fourth-order valence-electron chi connectivity index (χ4n) is 8.53. The second-order valence-corrected chi connectivity index (χ2v) is 25.9. The maximum Gasteiger partial charge on any atom is 0.514 e. The van der Waals surface area contributed by atoms with Gasteiger partial charge in [0.05, 0.1) is 18.4 Å². The average Bonchev–Trinajstić information content (AvgIpc) is 2.98. The molecule has 7 N–H and O–H groups in total. The number of ether oxygens (including phenoxy) is 5. The van der Waals surface area contributed by atoms with E-state index in [2.05, 4.69) is 31.3 Å². The maximum atomic E-state index is 15.3. The number of aliphatic hydroxyl groups is 1. The van der Waals surface area contributed by atoms with Crippen molar-refractivity contribution >= 4 is 69.6 Å². The van der Waals surface area contributed by atoms with Crippen LogP contribution in [0.2, 0.25) is 5.02 Å². The number of unbranched alkanes of at least 4 members (excludes halogenated alkanes) is 1. The second-order valence-electron chi connectivity index (χ2n) is 23.6. The van der Waals surface area contributed by atoms with Crippen LogP contribution in [0.15, 0.2) is 84.9 Å². The quantitative estimate of drug-likeness (QED) is 0.0223. The lowest BCUT2D eigenvalue weighted by Crippen LogP contribution is -2.57. The number of likely N-dealkylation sites (N-methyl/N-ethyl adjacent to an activating group) is 1. The van der Waals surface area contributed by atoms with Crippen molar-refractivity contribution in [2.45, 2.75) is 155 Å². The highest BCUT2D eigenvalue weighted by atomic mass is 35.5. The summed E-state index contributed by atoms with van der Waals surface area (Å²) in [4.78, 5) is 114. The van der Waals surface area contributed by atoms with Gasteiger partial charge in [-0.05, 0) is 166 Å². The van der Waals surface area contributed by atoms with Gasteiger partial charge in [-0.1, -0.05) is 48.0 Å². The molecule has 1 aliphatic heterocycles. The van der Waals surface area contributed by atoms with Crippen LogP contribution in [0.4, 0.5) is 14.4 Å². The van der Waals surface area contributed by atoms with Crippen molar-refractivity contribution in [2.75, 3.05) is 26.4 Å². The number of rotatable bonds is 18. The van der Waals surface area contributed by atoms with E-state index in [1.807, 2.05) is 12.1 Å². The average molecular weight is 1220 g/mol. The fourth-order valence-corrected chi connectivity index (χ4v) is 9.13. The summed E-state index contributed by atoms with van der Waals surface area (Å²) in [6.45, 7) is 17.3. The summed E-state index contributed by atoms with van der Waals surface area (Å²) in [5, 5.41) is 24.8. The highest BCUT2D eigenvalue weighted by molar-refractivity contribution is 7.88. The first-order valence-corrected chi connectivity index (χ1v) is 29.8. The standard InChI is InChI=1S/C60H78ClN7O16S/c1-34(46(69)33-63-85(13,78)79)64-52(72)45-31-36-17-27-47(80-56(76)83-59(6,7)8)42(30-36)43-32-40(24-28-48(43)81-57(77)84-60(9,10)11)49(53(73)65-35(2)50(70)67-45)68(12)54(74)44(16-14-15-29-62-55(75)82-58(3,4)5)66-51(71)39-20-18-37(19-21-39)38-22-25-41(61)26-23-38/h17-28,30,32,34-35,44-46,49,63,69H,14-16,29,31,33H2,1-13H3,(H,62,75)(H,64,72)(H,65,73)(H,66,71)(H,67,70)/t34-,35-,44-,45-,46?,49-/m0/s1. The number of benzene rings is 4. The molecule has 1 unspecified atom stereocenters. The normalized spacial score (nSPS) is 16.8. The molecule has 0 saturated carbocycles. The molecule has 25 heteroatoms. The molecule has 4 aromatic carbocycles. The van der Waals surface area contributed by atoms with Gasteiger partial charge in [0, 0.05) is 48.3 Å². The number of amides is 6. The molecular weight excluding hydrogens is 1140 g/mol.